The van der Waals surface area contributed by atoms with Gasteiger partial charge < -0.3 is 5.32 Å². The second kappa shape index (κ2) is 5.01. The Hall–Kier alpha value is -2.13. The summed E-state index contributed by atoms with van der Waals surface area (Å²) in [6, 6.07) is 9.56. The van der Waals surface area contributed by atoms with Crippen molar-refractivity contribution >= 4 is 34.6 Å². The van der Waals surface area contributed by atoms with Crippen LogP contribution in [-0.2, 0) is 4.79 Å². The molecule has 0 aliphatic carbocycles. The van der Waals surface area contributed by atoms with Crippen molar-refractivity contribution < 1.29 is 4.79 Å². The van der Waals surface area contributed by atoms with Crippen LogP contribution in [0, 0.1) is 20.8 Å². The fourth-order valence-electron chi connectivity index (χ4n) is 2.39. The maximum Gasteiger partial charge on any atom is 0.275 e. The van der Waals surface area contributed by atoms with Crippen molar-refractivity contribution in [2.24, 2.45) is 4.99 Å². The van der Waals surface area contributed by atoms with E-state index in [2.05, 4.69) is 10.3 Å². The van der Waals surface area contributed by atoms with Gasteiger partial charge in [-0.25, -0.2) is 4.99 Å². The van der Waals surface area contributed by atoms with Gasteiger partial charge in [-0.2, -0.15) is 0 Å². The van der Waals surface area contributed by atoms with E-state index in [0.29, 0.717) is 16.3 Å². The van der Waals surface area contributed by atoms with Crippen LogP contribution in [0.1, 0.15) is 22.3 Å². The zero-order chi connectivity index (χ0) is 15.1. The molecule has 1 N–H and O–H groups in total. The first-order valence-corrected chi connectivity index (χ1v) is 7.12. The normalized spacial score (nSPS) is 15.2. The lowest BCUT2D eigenvalue weighted by molar-refractivity contribution is -0.110. The Bertz CT molecular complexity index is 794. The van der Waals surface area contributed by atoms with Crippen LogP contribution in [0.25, 0.3) is 0 Å². The van der Waals surface area contributed by atoms with Crippen molar-refractivity contribution in [1.29, 1.82) is 0 Å². The fraction of sp³-hybridized carbons (Fsp3) is 0.176. The summed E-state index contributed by atoms with van der Waals surface area (Å²) in [5.74, 6) is -0.209. The number of aryl methyl sites for hydroxylation is 3. The number of aliphatic imine (C=N–C) groups is 1. The van der Waals surface area contributed by atoms with Crippen molar-refractivity contribution in [2.45, 2.75) is 20.8 Å². The number of amides is 1. The second-order valence-electron chi connectivity index (χ2n) is 5.30. The Morgan fingerprint density at radius 3 is 2.43 bits per heavy atom. The number of carbonyl (C=O) groups is 1. The number of rotatable bonds is 1. The van der Waals surface area contributed by atoms with E-state index in [-0.39, 0.29) is 5.91 Å². The molecule has 1 aliphatic heterocycles. The molecule has 21 heavy (non-hydrogen) atoms. The van der Waals surface area contributed by atoms with Gasteiger partial charge in [0.25, 0.3) is 5.91 Å². The third-order valence-corrected chi connectivity index (χ3v) is 4.10. The molecule has 0 bridgehead atoms. The van der Waals surface area contributed by atoms with Gasteiger partial charge in [-0.15, -0.1) is 0 Å². The summed E-state index contributed by atoms with van der Waals surface area (Å²) >= 11 is 6.25. The van der Waals surface area contributed by atoms with E-state index in [0.717, 1.165) is 22.5 Å². The van der Waals surface area contributed by atoms with Gasteiger partial charge in [0.15, 0.2) is 0 Å². The highest BCUT2D eigenvalue weighted by Crippen LogP contribution is 2.34. The van der Waals surface area contributed by atoms with Crippen molar-refractivity contribution in [3.63, 3.8) is 0 Å². The minimum Gasteiger partial charge on any atom is -0.320 e. The van der Waals surface area contributed by atoms with Crippen LogP contribution in [0.2, 0.25) is 5.02 Å². The van der Waals surface area contributed by atoms with E-state index in [9.17, 15) is 4.79 Å². The first-order chi connectivity index (χ1) is 9.97. The molecule has 1 aliphatic rings. The van der Waals surface area contributed by atoms with Gasteiger partial charge in [-0.1, -0.05) is 23.7 Å². The summed E-state index contributed by atoms with van der Waals surface area (Å²) in [7, 11) is 0. The third kappa shape index (κ3) is 2.34. The zero-order valence-corrected chi connectivity index (χ0v) is 12.9. The number of anilines is 1. The molecule has 0 atom stereocenters. The standard InChI is InChI=1S/C17H15ClN2O/c1-9-4-6-12(8-11(9)3)19-16-14-13(18)7-5-10(2)15(14)20-17(16)21/h4-8H,1-3H3,(H,19,20,21). The number of fused-ring (bicyclic) bond motifs is 1. The SMILES string of the molecule is Cc1ccc(N=C2C(=O)Nc3c(C)ccc(Cl)c32)cc1C. The molecule has 0 radical (unpaired) electrons. The average Bonchev–Trinajstić information content (AvgIpc) is 2.77. The lowest BCUT2D eigenvalue weighted by atomic mass is 10.1. The summed E-state index contributed by atoms with van der Waals surface area (Å²) in [4.78, 5) is 16.7. The van der Waals surface area contributed by atoms with Crippen molar-refractivity contribution in [3.05, 3.63) is 57.6 Å². The summed E-state index contributed by atoms with van der Waals surface area (Å²) in [6.07, 6.45) is 0. The first-order valence-electron chi connectivity index (χ1n) is 6.74. The van der Waals surface area contributed by atoms with Crippen LogP contribution in [0.15, 0.2) is 35.3 Å². The zero-order valence-electron chi connectivity index (χ0n) is 12.1. The maximum absolute atomic E-state index is 12.2. The van der Waals surface area contributed by atoms with Gasteiger partial charge in [0.1, 0.15) is 5.71 Å². The number of nitrogens with one attached hydrogen (secondary N) is 1. The molecule has 3 nitrogen and oxygen atoms in total. The molecule has 2 aromatic rings. The highest BCUT2D eigenvalue weighted by molar-refractivity contribution is 6.57. The molecule has 1 heterocycles. The molecule has 106 valence electrons. The van der Waals surface area contributed by atoms with Gasteiger partial charge in [-0.05, 0) is 55.7 Å². The lowest BCUT2D eigenvalue weighted by Gasteiger charge is -2.05. The van der Waals surface area contributed by atoms with E-state index >= 15 is 0 Å². The van der Waals surface area contributed by atoms with Crippen LogP contribution in [0.4, 0.5) is 11.4 Å². The molecule has 4 heteroatoms. The summed E-state index contributed by atoms with van der Waals surface area (Å²) in [5, 5.41) is 3.39. The van der Waals surface area contributed by atoms with E-state index in [4.69, 9.17) is 11.6 Å². The molecule has 0 spiro atoms. The van der Waals surface area contributed by atoms with Crippen LogP contribution in [0.3, 0.4) is 0 Å². The predicted molar refractivity (Wildman–Crippen MR) is 86.9 cm³/mol. The maximum atomic E-state index is 12.2. The Morgan fingerprint density at radius 1 is 1.00 bits per heavy atom. The first kappa shape index (κ1) is 13.8. The molecule has 0 fully saturated rings. The predicted octanol–water partition coefficient (Wildman–Crippen LogP) is 4.34. The van der Waals surface area contributed by atoms with Gasteiger partial charge in [-0.3, -0.25) is 4.79 Å². The fourth-order valence-corrected chi connectivity index (χ4v) is 2.64. The van der Waals surface area contributed by atoms with Gasteiger partial charge in [0, 0.05) is 5.56 Å². The van der Waals surface area contributed by atoms with Crippen molar-refractivity contribution in [1.82, 2.24) is 0 Å². The van der Waals surface area contributed by atoms with Gasteiger partial charge >= 0.3 is 0 Å². The molecule has 0 saturated carbocycles. The Labute approximate surface area is 128 Å². The number of nitrogens with zero attached hydrogens (tertiary/aromatic N) is 1. The van der Waals surface area contributed by atoms with Crippen molar-refractivity contribution in [3.8, 4) is 0 Å². The smallest absolute Gasteiger partial charge is 0.275 e. The topological polar surface area (TPSA) is 41.5 Å². The number of halogens is 1. The van der Waals surface area contributed by atoms with Crippen LogP contribution in [0.5, 0.6) is 0 Å². The average molecular weight is 299 g/mol. The Morgan fingerprint density at radius 2 is 1.71 bits per heavy atom. The molecule has 2 aromatic carbocycles. The third-order valence-electron chi connectivity index (χ3n) is 3.78. The minimum atomic E-state index is -0.209. The quantitative estimate of drug-likeness (QED) is 0.836. The van der Waals surface area contributed by atoms with Gasteiger partial charge in [0.2, 0.25) is 0 Å². The lowest BCUT2D eigenvalue weighted by Crippen LogP contribution is -2.14. The van der Waals surface area contributed by atoms with E-state index in [1.165, 1.54) is 5.56 Å². The highest BCUT2D eigenvalue weighted by Gasteiger charge is 2.29. The molecular formula is C17H15ClN2O. The highest BCUT2D eigenvalue weighted by atomic mass is 35.5. The summed E-state index contributed by atoms with van der Waals surface area (Å²) in [6.45, 7) is 6.01. The largest absolute Gasteiger partial charge is 0.320 e. The summed E-state index contributed by atoms with van der Waals surface area (Å²) in [5.41, 5.74) is 5.91. The van der Waals surface area contributed by atoms with E-state index in [1.807, 2.05) is 45.0 Å². The summed E-state index contributed by atoms with van der Waals surface area (Å²) < 4.78 is 0. The number of benzene rings is 2. The number of carbonyl (C=O) groups excluding carboxylic acids is 1. The Kier molecular flexibility index (Phi) is 3.30. The molecule has 0 aromatic heterocycles. The van der Waals surface area contributed by atoms with E-state index in [1.54, 1.807) is 6.07 Å². The van der Waals surface area contributed by atoms with Crippen LogP contribution >= 0.6 is 11.6 Å². The molecular weight excluding hydrogens is 284 g/mol. The second-order valence-corrected chi connectivity index (χ2v) is 5.70. The minimum absolute atomic E-state index is 0.209. The monoisotopic (exact) mass is 298 g/mol. The molecule has 0 unspecified atom stereocenters. The molecule has 0 saturated heterocycles. The molecule has 3 rings (SSSR count). The Balaban J connectivity index is 2.16. The van der Waals surface area contributed by atoms with Gasteiger partial charge in [0.05, 0.1) is 16.4 Å². The number of hydrogen-bond donors (Lipinski definition) is 1. The van der Waals surface area contributed by atoms with Crippen molar-refractivity contribution in [2.75, 3.05) is 5.32 Å². The number of hydrogen-bond acceptors (Lipinski definition) is 2. The van der Waals surface area contributed by atoms with Crippen LogP contribution in [-0.4, -0.2) is 11.6 Å². The van der Waals surface area contributed by atoms with E-state index < -0.39 is 0 Å². The van der Waals surface area contributed by atoms with Crippen LogP contribution < -0.4 is 5.32 Å². The molecule has 1 amide bonds.